The predicted octanol–water partition coefficient (Wildman–Crippen LogP) is -2.05. The lowest BCUT2D eigenvalue weighted by Gasteiger charge is -2.24. The Labute approximate surface area is 191 Å². The van der Waals surface area contributed by atoms with Gasteiger partial charge in [0.1, 0.15) is 18.3 Å². The molecule has 5 atom stereocenters. The molecule has 1 saturated heterocycles. The molecule has 2 aliphatic heterocycles. The molecule has 2 saturated carbocycles. The van der Waals surface area contributed by atoms with Crippen molar-refractivity contribution in [3.8, 4) is 0 Å². The van der Waals surface area contributed by atoms with Gasteiger partial charge in [0, 0.05) is 29.9 Å². The standard InChI is InChI=1S/C22H22N4O8/c27-13-5-6-25(20(33)24-13)18-15(29)14(28)12(34-18)7-23-19(32)21-8-22(21,9-21)26-16(30)10-3-1-2-4-11(10)17(26)31/h1-6,12,14-16,18,28-30H,7-9H2,(H,23,32)(H,24,27,33)/t12-,14?,15?,16?,18-,21?,22?/m1/s1. The molecule has 1 aromatic heterocycles. The van der Waals surface area contributed by atoms with E-state index in [1.54, 1.807) is 24.3 Å². The number of aliphatic hydroxyl groups is 3. The molecule has 3 heterocycles. The van der Waals surface area contributed by atoms with Crippen LogP contribution < -0.4 is 16.6 Å². The molecule has 5 N–H and O–H groups in total. The lowest BCUT2D eigenvalue weighted by Crippen LogP contribution is -2.41. The number of rotatable bonds is 5. The van der Waals surface area contributed by atoms with E-state index in [-0.39, 0.29) is 18.4 Å². The maximum Gasteiger partial charge on any atom is 0.330 e. The van der Waals surface area contributed by atoms with E-state index in [1.165, 1.54) is 4.90 Å². The van der Waals surface area contributed by atoms with Crippen molar-refractivity contribution in [2.45, 2.75) is 49.1 Å². The van der Waals surface area contributed by atoms with Gasteiger partial charge in [-0.1, -0.05) is 18.2 Å². The van der Waals surface area contributed by atoms with Crippen molar-refractivity contribution in [2.24, 2.45) is 5.41 Å². The first-order valence-corrected chi connectivity index (χ1v) is 10.9. The molecular formula is C22H22N4O8. The maximum atomic E-state index is 13.0. The first kappa shape index (κ1) is 21.2. The monoisotopic (exact) mass is 470 g/mol. The highest BCUT2D eigenvalue weighted by atomic mass is 16.6. The molecule has 6 rings (SSSR count). The fourth-order valence-corrected chi connectivity index (χ4v) is 5.47. The minimum absolute atomic E-state index is 0.139. The number of nitrogens with one attached hydrogen (secondary N) is 2. The lowest BCUT2D eigenvalue weighted by molar-refractivity contribution is -0.125. The summed E-state index contributed by atoms with van der Waals surface area (Å²) in [6.07, 6.45) is -4.19. The number of carbonyl (C=O) groups is 2. The van der Waals surface area contributed by atoms with Crippen LogP contribution in [0.15, 0.2) is 46.1 Å². The number of amides is 2. The van der Waals surface area contributed by atoms with Crippen LogP contribution in [-0.2, 0) is 9.53 Å². The Hall–Kier alpha value is -3.32. The number of fused-ring (bicyclic) bond motifs is 2. The highest BCUT2D eigenvalue weighted by Gasteiger charge is 2.91. The summed E-state index contributed by atoms with van der Waals surface area (Å²) in [6.45, 7) is -0.139. The smallest absolute Gasteiger partial charge is 0.330 e. The largest absolute Gasteiger partial charge is 0.387 e. The number of carbonyl (C=O) groups excluding carboxylic acids is 2. The molecule has 0 radical (unpaired) electrons. The average molecular weight is 470 g/mol. The first-order valence-electron chi connectivity index (χ1n) is 10.9. The molecule has 2 aliphatic carbocycles. The molecule has 3 unspecified atom stereocenters. The Kier molecular flexibility index (Phi) is 4.28. The number of benzene rings is 1. The van der Waals surface area contributed by atoms with Gasteiger partial charge in [-0.05, 0) is 18.9 Å². The van der Waals surface area contributed by atoms with Crippen molar-refractivity contribution in [3.63, 3.8) is 0 Å². The second-order valence-corrected chi connectivity index (χ2v) is 9.38. The van der Waals surface area contributed by atoms with Gasteiger partial charge in [-0.3, -0.25) is 23.9 Å². The Morgan fingerprint density at radius 3 is 2.56 bits per heavy atom. The predicted molar refractivity (Wildman–Crippen MR) is 112 cm³/mol. The molecule has 178 valence electrons. The number of aromatic nitrogens is 2. The van der Waals surface area contributed by atoms with Gasteiger partial charge in [-0.2, -0.15) is 0 Å². The summed E-state index contributed by atoms with van der Waals surface area (Å²) in [5.74, 6) is -0.638. The van der Waals surface area contributed by atoms with Crippen molar-refractivity contribution in [1.82, 2.24) is 19.8 Å². The van der Waals surface area contributed by atoms with Crippen LogP contribution in [0.3, 0.4) is 0 Å². The van der Waals surface area contributed by atoms with E-state index < -0.39 is 53.0 Å². The van der Waals surface area contributed by atoms with Crippen LogP contribution in [0, 0.1) is 5.41 Å². The zero-order valence-corrected chi connectivity index (χ0v) is 17.7. The molecule has 34 heavy (non-hydrogen) atoms. The fraction of sp³-hybridized carbons (Fsp3) is 0.455. The van der Waals surface area contributed by atoms with Gasteiger partial charge in [-0.15, -0.1) is 0 Å². The summed E-state index contributed by atoms with van der Waals surface area (Å²) in [5.41, 5.74) is -1.99. The number of aromatic amines is 1. The van der Waals surface area contributed by atoms with Crippen LogP contribution in [0.5, 0.6) is 0 Å². The number of nitrogens with zero attached hydrogens (tertiary/aromatic N) is 2. The molecule has 1 aromatic carbocycles. The van der Waals surface area contributed by atoms with E-state index in [4.69, 9.17) is 4.74 Å². The van der Waals surface area contributed by atoms with E-state index >= 15 is 0 Å². The quantitative estimate of drug-likeness (QED) is 0.332. The SMILES string of the molecule is O=C1c2ccccc2C(O)N1C12CC1(C(=O)NC[C@H]1O[C@@H](n3ccc(=O)[nH]c3=O)C(O)C1O)C2. The van der Waals surface area contributed by atoms with E-state index in [2.05, 4.69) is 10.3 Å². The maximum absolute atomic E-state index is 13.0. The van der Waals surface area contributed by atoms with Crippen LogP contribution >= 0.6 is 0 Å². The summed E-state index contributed by atoms with van der Waals surface area (Å²) in [4.78, 5) is 52.5. The van der Waals surface area contributed by atoms with Gasteiger partial charge >= 0.3 is 5.69 Å². The molecule has 4 aliphatic rings. The molecule has 2 aromatic rings. The number of hydrogen-bond donors (Lipinski definition) is 5. The van der Waals surface area contributed by atoms with Gasteiger partial charge < -0.3 is 30.3 Å². The Morgan fingerprint density at radius 2 is 1.85 bits per heavy atom. The van der Waals surface area contributed by atoms with Gasteiger partial charge in [0.05, 0.1) is 11.0 Å². The molecule has 0 spiro atoms. The van der Waals surface area contributed by atoms with Gasteiger partial charge in [0.25, 0.3) is 11.5 Å². The van der Waals surface area contributed by atoms with Crippen LogP contribution in [0.1, 0.15) is 41.2 Å². The van der Waals surface area contributed by atoms with Crippen molar-refractivity contribution < 1.29 is 29.6 Å². The van der Waals surface area contributed by atoms with Gasteiger partial charge in [-0.25, -0.2) is 4.79 Å². The Balaban J connectivity index is 1.12. The molecule has 3 fully saturated rings. The van der Waals surface area contributed by atoms with Gasteiger partial charge in [0.2, 0.25) is 5.91 Å². The first-order chi connectivity index (χ1) is 16.2. The third-order valence-electron chi connectivity index (χ3n) is 7.58. The number of ether oxygens (including phenoxy) is 1. The van der Waals surface area contributed by atoms with Gasteiger partial charge in [0.15, 0.2) is 12.5 Å². The summed E-state index contributed by atoms with van der Waals surface area (Å²) in [5, 5.41) is 34.1. The normalized spacial score (nSPS) is 37.3. The van der Waals surface area contributed by atoms with Crippen LogP contribution in [-0.4, -0.2) is 72.0 Å². The third kappa shape index (κ3) is 2.67. The molecular weight excluding hydrogens is 448 g/mol. The number of H-pyrrole nitrogens is 1. The van der Waals surface area contributed by atoms with Crippen molar-refractivity contribution in [1.29, 1.82) is 0 Å². The van der Waals surface area contributed by atoms with E-state index in [0.29, 0.717) is 24.0 Å². The Morgan fingerprint density at radius 1 is 1.12 bits per heavy atom. The highest BCUT2D eigenvalue weighted by molar-refractivity contribution is 6.03. The highest BCUT2D eigenvalue weighted by Crippen LogP contribution is 2.83. The lowest BCUT2D eigenvalue weighted by atomic mass is 10.1. The topological polar surface area (TPSA) is 174 Å². The zero-order valence-electron chi connectivity index (χ0n) is 17.7. The van der Waals surface area contributed by atoms with Crippen molar-refractivity contribution in [3.05, 3.63) is 68.5 Å². The van der Waals surface area contributed by atoms with Crippen LogP contribution in [0.4, 0.5) is 0 Å². The van der Waals surface area contributed by atoms with Crippen molar-refractivity contribution >= 4 is 11.8 Å². The second kappa shape index (κ2) is 6.85. The zero-order chi connectivity index (χ0) is 24.0. The summed E-state index contributed by atoms with van der Waals surface area (Å²) in [7, 11) is 0. The van der Waals surface area contributed by atoms with Crippen molar-refractivity contribution in [2.75, 3.05) is 6.54 Å². The van der Waals surface area contributed by atoms with Crippen LogP contribution in [0.2, 0.25) is 0 Å². The number of hydrogen-bond acceptors (Lipinski definition) is 8. The number of aliphatic hydroxyl groups excluding tert-OH is 3. The average Bonchev–Trinajstić information content (AvgIpc) is 3.59. The molecule has 2 amide bonds. The second-order valence-electron chi connectivity index (χ2n) is 9.38. The van der Waals surface area contributed by atoms with Crippen LogP contribution in [0.25, 0.3) is 0 Å². The Bertz CT molecular complexity index is 1330. The summed E-state index contributed by atoms with van der Waals surface area (Å²) < 4.78 is 6.57. The third-order valence-corrected chi connectivity index (χ3v) is 7.58. The minimum atomic E-state index is -1.46. The molecule has 12 heteroatoms. The van der Waals surface area contributed by atoms with E-state index in [0.717, 1.165) is 16.8 Å². The molecule has 12 nitrogen and oxygen atoms in total. The van der Waals surface area contributed by atoms with E-state index in [1.807, 2.05) is 0 Å². The minimum Gasteiger partial charge on any atom is -0.387 e. The summed E-state index contributed by atoms with van der Waals surface area (Å²) >= 11 is 0. The fourth-order valence-electron chi connectivity index (χ4n) is 5.47. The molecule has 0 bridgehead atoms. The summed E-state index contributed by atoms with van der Waals surface area (Å²) in [6, 6.07) is 7.89. The van der Waals surface area contributed by atoms with E-state index in [9.17, 15) is 34.5 Å².